The number of carbonyl (C=O) groups is 2. The van der Waals surface area contributed by atoms with Gasteiger partial charge in [-0.15, -0.1) is 0 Å². The van der Waals surface area contributed by atoms with Crippen molar-refractivity contribution in [2.24, 2.45) is 11.8 Å². The predicted molar refractivity (Wildman–Crippen MR) is 73.0 cm³/mol. The summed E-state index contributed by atoms with van der Waals surface area (Å²) in [6.45, 7) is 9.23. The number of carbonyl (C=O) groups excluding carboxylic acids is 2. The molecule has 0 spiro atoms. The molecule has 116 valence electrons. The van der Waals surface area contributed by atoms with Gasteiger partial charge in [-0.05, 0) is 26.7 Å². The van der Waals surface area contributed by atoms with E-state index in [1.54, 1.807) is 6.92 Å². The average Bonchev–Trinajstić information content (AvgIpc) is 2.58. The molecule has 0 bridgehead atoms. The molecule has 0 N–H and O–H groups in total. The number of cyclic esters (lactones) is 1. The summed E-state index contributed by atoms with van der Waals surface area (Å²) in [4.78, 5) is 25.8. The fraction of sp³-hybridized carbons (Fsp3) is 0.857. The lowest BCUT2D eigenvalue weighted by atomic mass is 9.88. The van der Waals surface area contributed by atoms with E-state index in [4.69, 9.17) is 14.2 Å². The van der Waals surface area contributed by atoms with E-state index in [0.29, 0.717) is 0 Å². The molecule has 1 aliphatic heterocycles. The molecule has 1 fully saturated rings. The molecule has 20 heavy (non-hydrogen) atoms. The van der Waals surface area contributed by atoms with Crippen LogP contribution >= 0.6 is 0 Å². The minimum atomic E-state index is -0.698. The maximum Gasteiger partial charge on any atom is 0.417 e. The summed E-state index contributed by atoms with van der Waals surface area (Å²) < 4.78 is 15.5. The van der Waals surface area contributed by atoms with E-state index < -0.39 is 23.9 Å². The Balaban J connectivity index is 3.03. The van der Waals surface area contributed by atoms with E-state index in [-0.39, 0.29) is 17.9 Å². The molecule has 1 aliphatic rings. The van der Waals surface area contributed by atoms with Crippen LogP contribution in [0, 0.1) is 11.8 Å². The Bertz CT molecular complexity index is 376. The quantitative estimate of drug-likeness (QED) is 0.724. The Labute approximate surface area is 120 Å². The van der Waals surface area contributed by atoms with Gasteiger partial charge in [-0.25, -0.2) is 9.69 Å². The van der Waals surface area contributed by atoms with Crippen LogP contribution in [0.2, 0.25) is 0 Å². The molecule has 0 aromatic rings. The molecule has 6 heteroatoms. The summed E-state index contributed by atoms with van der Waals surface area (Å²) in [6, 6.07) is -0.306. The normalized spacial score (nSPS) is 23.4. The number of rotatable bonds is 5. The van der Waals surface area contributed by atoms with Gasteiger partial charge in [0.25, 0.3) is 0 Å². The molecule has 6 nitrogen and oxygen atoms in total. The van der Waals surface area contributed by atoms with Crippen LogP contribution in [0.1, 0.15) is 34.6 Å². The van der Waals surface area contributed by atoms with Crippen molar-refractivity contribution in [3.05, 3.63) is 0 Å². The zero-order chi connectivity index (χ0) is 15.7. The van der Waals surface area contributed by atoms with Crippen LogP contribution < -0.4 is 0 Å². The Morgan fingerprint density at radius 3 is 2.15 bits per heavy atom. The molecule has 2 atom stereocenters. The molecule has 1 rings (SSSR count). The molecule has 0 aromatic heterocycles. The average molecular weight is 287 g/mol. The van der Waals surface area contributed by atoms with Crippen molar-refractivity contribution >= 4 is 12.0 Å². The Morgan fingerprint density at radius 1 is 1.25 bits per heavy atom. The van der Waals surface area contributed by atoms with Gasteiger partial charge in [0.15, 0.2) is 6.29 Å². The maximum absolute atomic E-state index is 12.6. The topological polar surface area (TPSA) is 65.1 Å². The third-order valence-electron chi connectivity index (χ3n) is 3.67. The molecule has 1 saturated heterocycles. The SMILES string of the molecule is COC(OC)[C@H](C)C(=O)N1C(=O)OC(C)(C)[C@@H]1C(C)C. The number of methoxy groups -OCH3 is 2. The maximum atomic E-state index is 12.6. The van der Waals surface area contributed by atoms with Crippen molar-refractivity contribution in [2.45, 2.75) is 52.6 Å². The second-order valence-electron chi connectivity index (χ2n) is 6.00. The van der Waals surface area contributed by atoms with Crippen LogP contribution in [0.25, 0.3) is 0 Å². The van der Waals surface area contributed by atoms with Gasteiger partial charge in [-0.1, -0.05) is 13.8 Å². The van der Waals surface area contributed by atoms with Crippen LogP contribution in [-0.4, -0.2) is 49.1 Å². The summed E-state index contributed by atoms with van der Waals surface area (Å²) in [5.41, 5.74) is -0.698. The molecule has 0 aromatic carbocycles. The highest BCUT2D eigenvalue weighted by atomic mass is 16.7. The van der Waals surface area contributed by atoms with E-state index in [2.05, 4.69) is 0 Å². The first-order chi connectivity index (χ1) is 9.17. The van der Waals surface area contributed by atoms with Crippen molar-refractivity contribution in [1.29, 1.82) is 0 Å². The minimum absolute atomic E-state index is 0.0936. The van der Waals surface area contributed by atoms with Gasteiger partial charge in [0.1, 0.15) is 5.60 Å². The van der Waals surface area contributed by atoms with E-state index in [1.807, 2.05) is 27.7 Å². The molecule has 0 radical (unpaired) electrons. The molecule has 1 heterocycles. The zero-order valence-electron chi connectivity index (χ0n) is 13.3. The van der Waals surface area contributed by atoms with E-state index in [9.17, 15) is 9.59 Å². The van der Waals surface area contributed by atoms with Crippen LogP contribution in [0.5, 0.6) is 0 Å². The summed E-state index contributed by atoms with van der Waals surface area (Å²) >= 11 is 0. The largest absolute Gasteiger partial charge is 0.441 e. The first-order valence-corrected chi connectivity index (χ1v) is 6.79. The third kappa shape index (κ3) is 2.96. The number of ether oxygens (including phenoxy) is 3. The molecule has 0 aliphatic carbocycles. The first kappa shape index (κ1) is 16.9. The van der Waals surface area contributed by atoms with Crippen LogP contribution in [0.15, 0.2) is 0 Å². The van der Waals surface area contributed by atoms with Crippen molar-refractivity contribution in [2.75, 3.05) is 14.2 Å². The van der Waals surface area contributed by atoms with Gasteiger partial charge in [0, 0.05) is 14.2 Å². The lowest BCUT2D eigenvalue weighted by Crippen LogP contribution is -2.51. The third-order valence-corrected chi connectivity index (χ3v) is 3.67. The molecule has 0 saturated carbocycles. The minimum Gasteiger partial charge on any atom is -0.441 e. The number of amides is 2. The molecule has 2 amide bonds. The van der Waals surface area contributed by atoms with Crippen LogP contribution in [-0.2, 0) is 19.0 Å². The fourth-order valence-corrected chi connectivity index (χ4v) is 2.93. The number of hydrogen-bond acceptors (Lipinski definition) is 5. The van der Waals surface area contributed by atoms with Crippen molar-refractivity contribution in [3.8, 4) is 0 Å². The van der Waals surface area contributed by atoms with Gasteiger partial charge >= 0.3 is 6.09 Å². The second kappa shape index (κ2) is 6.10. The monoisotopic (exact) mass is 287 g/mol. The van der Waals surface area contributed by atoms with Crippen molar-refractivity contribution in [1.82, 2.24) is 4.90 Å². The van der Waals surface area contributed by atoms with E-state index >= 15 is 0 Å². The highest BCUT2D eigenvalue weighted by Crippen LogP contribution is 2.35. The van der Waals surface area contributed by atoms with Crippen LogP contribution in [0.3, 0.4) is 0 Å². The van der Waals surface area contributed by atoms with Gasteiger partial charge in [-0.2, -0.15) is 0 Å². The van der Waals surface area contributed by atoms with Gasteiger partial charge < -0.3 is 14.2 Å². The van der Waals surface area contributed by atoms with Gasteiger partial charge in [0.2, 0.25) is 5.91 Å². The lowest BCUT2D eigenvalue weighted by Gasteiger charge is -2.33. The zero-order valence-corrected chi connectivity index (χ0v) is 13.3. The number of nitrogens with zero attached hydrogens (tertiary/aromatic N) is 1. The summed E-state index contributed by atoms with van der Waals surface area (Å²) in [6.07, 6.45) is -1.29. The first-order valence-electron chi connectivity index (χ1n) is 6.79. The molecule has 0 unspecified atom stereocenters. The van der Waals surface area contributed by atoms with E-state index in [0.717, 1.165) is 0 Å². The van der Waals surface area contributed by atoms with Crippen LogP contribution in [0.4, 0.5) is 4.79 Å². The summed E-state index contributed by atoms with van der Waals surface area (Å²) in [5, 5.41) is 0. The Morgan fingerprint density at radius 2 is 1.75 bits per heavy atom. The van der Waals surface area contributed by atoms with Crippen molar-refractivity contribution in [3.63, 3.8) is 0 Å². The summed E-state index contributed by atoms with van der Waals surface area (Å²) in [7, 11) is 2.92. The van der Waals surface area contributed by atoms with Crippen molar-refractivity contribution < 1.29 is 23.8 Å². The second-order valence-corrected chi connectivity index (χ2v) is 6.00. The van der Waals surface area contributed by atoms with Gasteiger partial charge in [-0.3, -0.25) is 4.79 Å². The fourth-order valence-electron chi connectivity index (χ4n) is 2.93. The number of hydrogen-bond donors (Lipinski definition) is 0. The molecular formula is C14H25NO5. The Kier molecular flexibility index (Phi) is 5.15. The van der Waals surface area contributed by atoms with Gasteiger partial charge in [0.05, 0.1) is 12.0 Å². The smallest absolute Gasteiger partial charge is 0.417 e. The highest BCUT2D eigenvalue weighted by molar-refractivity contribution is 5.95. The van der Waals surface area contributed by atoms with E-state index in [1.165, 1.54) is 19.1 Å². The highest BCUT2D eigenvalue weighted by Gasteiger charge is 2.53. The lowest BCUT2D eigenvalue weighted by molar-refractivity contribution is -0.163. The predicted octanol–water partition coefficient (Wildman–Crippen LogP) is 2.02. The Hall–Kier alpha value is -1.14. The molecular weight excluding hydrogens is 262 g/mol. The standard InChI is InChI=1S/C14H25NO5/c1-8(2)10-14(4,5)20-13(17)15(10)11(16)9(3)12(18-6)19-7/h8-10,12H,1-7H3/t9-,10+/m1/s1. The number of imide groups is 1. The summed E-state index contributed by atoms with van der Waals surface area (Å²) in [5.74, 6) is -0.836.